The third kappa shape index (κ3) is 5.90. The lowest BCUT2D eigenvalue weighted by Gasteiger charge is -2.49. The summed E-state index contributed by atoms with van der Waals surface area (Å²) < 4.78 is 69.4. The van der Waals surface area contributed by atoms with Crippen LogP contribution in [0.3, 0.4) is 0 Å². The van der Waals surface area contributed by atoms with Gasteiger partial charge < -0.3 is 14.6 Å². The number of hydrogen-bond acceptors (Lipinski definition) is 6. The van der Waals surface area contributed by atoms with Crippen molar-refractivity contribution in [2.45, 2.75) is 43.9 Å². The fraction of sp³-hybridized carbons (Fsp3) is 0.667. The van der Waals surface area contributed by atoms with E-state index >= 15 is 0 Å². The van der Waals surface area contributed by atoms with Gasteiger partial charge in [0.15, 0.2) is 0 Å². The Kier molecular flexibility index (Phi) is 7.83. The molecule has 1 spiro atoms. The van der Waals surface area contributed by atoms with E-state index in [4.69, 9.17) is 19.4 Å². The molecule has 0 aromatic carbocycles. The number of alkyl halides is 3. The molecule has 12 heteroatoms. The van der Waals surface area contributed by atoms with E-state index in [9.17, 15) is 21.6 Å². The molecule has 1 atom stereocenters. The second-order valence-corrected chi connectivity index (χ2v) is 9.92. The van der Waals surface area contributed by atoms with Gasteiger partial charge in [0, 0.05) is 38.0 Å². The van der Waals surface area contributed by atoms with Crippen LogP contribution in [0.5, 0.6) is 0 Å². The zero-order chi connectivity index (χ0) is 22.6. The first-order valence-corrected chi connectivity index (χ1v) is 10.8. The second-order valence-electron chi connectivity index (χ2n) is 7.43. The zero-order valence-electron chi connectivity index (χ0n) is 16.6. The first-order valence-electron chi connectivity index (χ1n) is 9.28. The van der Waals surface area contributed by atoms with E-state index in [0.29, 0.717) is 32.9 Å². The Hall–Kier alpha value is -1.76. The van der Waals surface area contributed by atoms with Gasteiger partial charge in [0.1, 0.15) is 5.60 Å². The van der Waals surface area contributed by atoms with Gasteiger partial charge in [-0.3, -0.25) is 4.98 Å². The highest BCUT2D eigenvalue weighted by molar-refractivity contribution is 7.89. The molecule has 1 aromatic rings. The molecule has 2 saturated heterocycles. The Balaban J connectivity index is 0.000000396. The highest BCUT2D eigenvalue weighted by Gasteiger charge is 2.56. The van der Waals surface area contributed by atoms with Crippen molar-refractivity contribution >= 4 is 16.0 Å². The minimum atomic E-state index is -5.08. The van der Waals surface area contributed by atoms with Crippen molar-refractivity contribution in [3.05, 3.63) is 30.1 Å². The molecule has 0 amide bonds. The lowest BCUT2D eigenvalue weighted by atomic mass is 9.83. The summed E-state index contributed by atoms with van der Waals surface area (Å²) >= 11 is 0. The molecular weight excluding hydrogens is 429 g/mol. The van der Waals surface area contributed by atoms with Gasteiger partial charge in [0.25, 0.3) is 0 Å². The summed E-state index contributed by atoms with van der Waals surface area (Å²) in [7, 11) is -3.18. The molecule has 1 N–H and O–H groups in total. The molecule has 1 aromatic heterocycles. The van der Waals surface area contributed by atoms with Gasteiger partial charge in [0.2, 0.25) is 10.0 Å². The Labute approximate surface area is 173 Å². The summed E-state index contributed by atoms with van der Waals surface area (Å²) in [4.78, 5) is 12.9. The molecule has 170 valence electrons. The van der Waals surface area contributed by atoms with Crippen LogP contribution in [0.2, 0.25) is 0 Å². The zero-order valence-corrected chi connectivity index (χ0v) is 17.4. The first kappa shape index (κ1) is 24.5. The topological polar surface area (TPSA) is 106 Å². The van der Waals surface area contributed by atoms with E-state index in [1.807, 2.05) is 12.1 Å². The number of hydrogen-bond donors (Lipinski definition) is 1. The van der Waals surface area contributed by atoms with Crippen LogP contribution in [0, 0.1) is 5.92 Å². The quantitative estimate of drug-likeness (QED) is 0.701. The molecule has 3 rings (SSSR count). The summed E-state index contributed by atoms with van der Waals surface area (Å²) in [6, 6.07) is 3.86. The number of sulfonamides is 1. The summed E-state index contributed by atoms with van der Waals surface area (Å²) in [5.41, 5.74) is 0.741. The van der Waals surface area contributed by atoms with Gasteiger partial charge >= 0.3 is 12.1 Å². The maximum absolute atomic E-state index is 12.2. The number of carboxylic acids is 1. The van der Waals surface area contributed by atoms with Crippen molar-refractivity contribution in [1.82, 2.24) is 9.29 Å². The molecule has 0 bridgehead atoms. The maximum Gasteiger partial charge on any atom is 0.490 e. The molecule has 0 aliphatic carbocycles. The molecule has 30 heavy (non-hydrogen) atoms. The van der Waals surface area contributed by atoms with Gasteiger partial charge in [-0.2, -0.15) is 17.5 Å². The van der Waals surface area contributed by atoms with Gasteiger partial charge in [-0.15, -0.1) is 0 Å². The smallest absolute Gasteiger partial charge is 0.475 e. The normalized spacial score (nSPS) is 21.2. The van der Waals surface area contributed by atoms with Crippen LogP contribution >= 0.6 is 0 Å². The number of carboxylic acid groups (broad SMARTS) is 1. The summed E-state index contributed by atoms with van der Waals surface area (Å²) in [5, 5.41) is 6.74. The molecule has 2 aliphatic heterocycles. The van der Waals surface area contributed by atoms with Crippen molar-refractivity contribution in [1.29, 1.82) is 0 Å². The third-order valence-electron chi connectivity index (χ3n) is 5.02. The fourth-order valence-electron chi connectivity index (χ4n) is 3.20. The van der Waals surface area contributed by atoms with Gasteiger partial charge in [-0.25, -0.2) is 13.2 Å². The number of ether oxygens (including phenoxy) is 2. The van der Waals surface area contributed by atoms with Crippen LogP contribution in [-0.4, -0.2) is 72.1 Å². The van der Waals surface area contributed by atoms with Crippen molar-refractivity contribution in [2.75, 3.05) is 26.3 Å². The van der Waals surface area contributed by atoms with E-state index in [1.54, 1.807) is 30.5 Å². The van der Waals surface area contributed by atoms with Crippen molar-refractivity contribution in [3.8, 4) is 0 Å². The SMILES string of the molecule is CC(C)S(=O)(=O)N1CC2(C1)OCCC2COCc1ccncc1.O=C(O)C(F)(F)F. The molecule has 0 radical (unpaired) electrons. The van der Waals surface area contributed by atoms with Crippen LogP contribution in [-0.2, 0) is 30.9 Å². The highest BCUT2D eigenvalue weighted by atomic mass is 32.2. The van der Waals surface area contributed by atoms with Crippen LogP contribution in [0.15, 0.2) is 24.5 Å². The van der Waals surface area contributed by atoms with Crippen LogP contribution < -0.4 is 0 Å². The van der Waals surface area contributed by atoms with E-state index < -0.39 is 22.2 Å². The average Bonchev–Trinajstić information content (AvgIpc) is 3.05. The Morgan fingerprint density at radius 3 is 2.43 bits per heavy atom. The predicted octanol–water partition coefficient (Wildman–Crippen LogP) is 2.06. The first-order chi connectivity index (χ1) is 13.9. The summed E-state index contributed by atoms with van der Waals surface area (Å²) in [6.07, 6.45) is -0.662. The minimum absolute atomic E-state index is 0.253. The maximum atomic E-state index is 12.2. The lowest BCUT2D eigenvalue weighted by Crippen LogP contribution is -2.67. The van der Waals surface area contributed by atoms with Crippen molar-refractivity contribution in [3.63, 3.8) is 0 Å². The fourth-order valence-corrected chi connectivity index (χ4v) is 4.59. The van der Waals surface area contributed by atoms with Gasteiger partial charge in [-0.1, -0.05) is 0 Å². The summed E-state index contributed by atoms with van der Waals surface area (Å²) in [6.45, 7) is 6.16. The number of carbonyl (C=O) groups is 1. The number of nitrogens with zero attached hydrogens (tertiary/aromatic N) is 2. The van der Waals surface area contributed by atoms with E-state index in [0.717, 1.165) is 12.0 Å². The number of aromatic nitrogens is 1. The van der Waals surface area contributed by atoms with E-state index in [1.165, 1.54) is 0 Å². The Bertz CT molecular complexity index is 811. The Morgan fingerprint density at radius 1 is 1.37 bits per heavy atom. The molecule has 2 fully saturated rings. The lowest BCUT2D eigenvalue weighted by molar-refractivity contribution is -0.192. The average molecular weight is 454 g/mol. The highest BCUT2D eigenvalue weighted by Crippen LogP contribution is 2.41. The summed E-state index contributed by atoms with van der Waals surface area (Å²) in [5.74, 6) is -2.50. The molecular formula is C18H25F3N2O6S. The van der Waals surface area contributed by atoms with Crippen LogP contribution in [0.4, 0.5) is 13.2 Å². The van der Waals surface area contributed by atoms with E-state index in [-0.39, 0.29) is 16.8 Å². The van der Waals surface area contributed by atoms with Crippen LogP contribution in [0.25, 0.3) is 0 Å². The number of aliphatic carboxylic acids is 1. The molecule has 3 heterocycles. The second kappa shape index (κ2) is 9.58. The van der Waals surface area contributed by atoms with Crippen LogP contribution in [0.1, 0.15) is 25.8 Å². The molecule has 1 unspecified atom stereocenters. The minimum Gasteiger partial charge on any atom is -0.475 e. The van der Waals surface area contributed by atoms with Gasteiger partial charge in [-0.05, 0) is 38.0 Å². The standard InChI is InChI=1S/C16H24N2O4S.C2HF3O2/c1-13(2)23(19,20)18-11-16(12-18)15(5-8-22-16)10-21-9-14-3-6-17-7-4-14;3-2(4,5)1(6)7/h3-4,6-7,13,15H,5,8-12H2,1-2H3;(H,6,7). The van der Waals surface area contributed by atoms with Crippen molar-refractivity contribution in [2.24, 2.45) is 5.92 Å². The molecule has 2 aliphatic rings. The number of rotatable bonds is 6. The predicted molar refractivity (Wildman–Crippen MR) is 100 cm³/mol. The molecule has 8 nitrogen and oxygen atoms in total. The number of pyridine rings is 1. The van der Waals surface area contributed by atoms with Gasteiger partial charge in [0.05, 0.1) is 18.5 Å². The number of halogens is 3. The van der Waals surface area contributed by atoms with E-state index in [2.05, 4.69) is 4.98 Å². The Morgan fingerprint density at radius 2 is 1.93 bits per heavy atom. The largest absolute Gasteiger partial charge is 0.490 e. The third-order valence-corrected chi connectivity index (χ3v) is 7.19. The molecule has 0 saturated carbocycles. The van der Waals surface area contributed by atoms with Crippen molar-refractivity contribution < 1.29 is 41.0 Å². The monoisotopic (exact) mass is 454 g/mol.